The second-order valence-corrected chi connectivity index (χ2v) is 2.65. The molecule has 0 aromatic carbocycles. The third-order valence-corrected chi connectivity index (χ3v) is 1.62. The van der Waals surface area contributed by atoms with Crippen molar-refractivity contribution in [3.8, 4) is 0 Å². The summed E-state index contributed by atoms with van der Waals surface area (Å²) in [5, 5.41) is 0. The number of hydrogen-bond donors (Lipinski definition) is 1. The van der Waals surface area contributed by atoms with Crippen LogP contribution in [0.15, 0.2) is 0 Å². The van der Waals surface area contributed by atoms with Crippen molar-refractivity contribution in [2.45, 2.75) is 45.4 Å². The van der Waals surface area contributed by atoms with Gasteiger partial charge in [-0.25, -0.2) is 0 Å². The summed E-state index contributed by atoms with van der Waals surface area (Å²) >= 11 is 0. The van der Waals surface area contributed by atoms with Gasteiger partial charge in [0.2, 0.25) is 0 Å². The minimum atomic E-state index is -0.304. The fourth-order valence-corrected chi connectivity index (χ4v) is 0.932. The van der Waals surface area contributed by atoms with E-state index in [4.69, 9.17) is 0 Å². The molecule has 0 atom stereocenters. The van der Waals surface area contributed by atoms with Gasteiger partial charge in [-0.2, -0.15) is 5.90 Å². The van der Waals surface area contributed by atoms with E-state index in [2.05, 4.69) is 17.7 Å². The molecule has 0 spiro atoms. The normalized spacial score (nSPS) is 8.15. The third kappa shape index (κ3) is 16.1. The maximum absolute atomic E-state index is 10.5. The van der Waals surface area contributed by atoms with Crippen molar-refractivity contribution in [3.05, 3.63) is 0 Å². The van der Waals surface area contributed by atoms with Crippen LogP contribution in [0.5, 0.6) is 0 Å². The maximum atomic E-state index is 10.5. The van der Waals surface area contributed by atoms with Gasteiger partial charge in [0.05, 0.1) is 0 Å². The molecule has 0 aromatic heterocycles. The average molecular weight is 207 g/mol. The second-order valence-electron chi connectivity index (χ2n) is 2.65. The SMILES string of the molecule is CCCCCCCC(=O)ON.[H-].[H-].[Na+].[Na+]. The van der Waals surface area contributed by atoms with Crippen molar-refractivity contribution in [3.63, 3.8) is 0 Å². The number of carbonyl (C=O) groups is 1. The first kappa shape index (κ1) is 19.9. The Morgan fingerprint density at radius 1 is 1.23 bits per heavy atom. The van der Waals surface area contributed by atoms with Crippen LogP contribution in [0, 0.1) is 0 Å². The van der Waals surface area contributed by atoms with Gasteiger partial charge in [0.25, 0.3) is 0 Å². The number of hydrogen-bond acceptors (Lipinski definition) is 3. The van der Waals surface area contributed by atoms with Crippen LogP contribution in [0.3, 0.4) is 0 Å². The van der Waals surface area contributed by atoms with Crippen LogP contribution in [0.4, 0.5) is 0 Å². The van der Waals surface area contributed by atoms with Crippen LogP contribution in [0.25, 0.3) is 0 Å². The van der Waals surface area contributed by atoms with Crippen LogP contribution in [-0.4, -0.2) is 5.97 Å². The van der Waals surface area contributed by atoms with Gasteiger partial charge in [-0.3, -0.25) is 4.79 Å². The van der Waals surface area contributed by atoms with E-state index in [0.29, 0.717) is 6.42 Å². The third-order valence-electron chi connectivity index (χ3n) is 1.62. The molecule has 13 heavy (non-hydrogen) atoms. The molecule has 0 saturated carbocycles. The Balaban J connectivity index is -0.0000000833. The molecule has 0 rings (SSSR count). The first-order chi connectivity index (χ1) is 5.31. The van der Waals surface area contributed by atoms with E-state index in [1.807, 2.05) is 0 Å². The fourth-order valence-electron chi connectivity index (χ4n) is 0.932. The molecule has 0 saturated heterocycles. The van der Waals surface area contributed by atoms with E-state index in [-0.39, 0.29) is 67.9 Å². The predicted octanol–water partition coefficient (Wildman–Crippen LogP) is -4.00. The molecule has 0 aliphatic heterocycles. The zero-order valence-electron chi connectivity index (χ0n) is 11.1. The standard InChI is InChI=1S/C8H17NO2.2Na.2H/c1-2-3-4-5-6-7-8(10)11-9;;;;/h2-7,9H2,1H3;;;;/q;2*+1;2*-1. The molecule has 0 bridgehead atoms. The largest absolute Gasteiger partial charge is 1.00 e. The van der Waals surface area contributed by atoms with Crippen molar-refractivity contribution in [1.82, 2.24) is 0 Å². The Bertz CT molecular complexity index is 121. The summed E-state index contributed by atoms with van der Waals surface area (Å²) in [6.07, 6.45) is 6.13. The monoisotopic (exact) mass is 207 g/mol. The fraction of sp³-hybridized carbons (Fsp3) is 0.875. The van der Waals surface area contributed by atoms with E-state index < -0.39 is 0 Å². The summed E-state index contributed by atoms with van der Waals surface area (Å²) in [7, 11) is 0. The van der Waals surface area contributed by atoms with Crippen molar-refractivity contribution >= 4 is 5.97 Å². The number of unbranched alkanes of at least 4 members (excludes halogenated alkanes) is 4. The summed E-state index contributed by atoms with van der Waals surface area (Å²) < 4.78 is 0. The van der Waals surface area contributed by atoms with Crippen LogP contribution in [0.2, 0.25) is 0 Å². The topological polar surface area (TPSA) is 52.3 Å². The van der Waals surface area contributed by atoms with Gasteiger partial charge in [-0.15, -0.1) is 0 Å². The summed E-state index contributed by atoms with van der Waals surface area (Å²) in [4.78, 5) is 14.5. The van der Waals surface area contributed by atoms with Gasteiger partial charge in [0, 0.05) is 6.42 Å². The van der Waals surface area contributed by atoms with Crippen LogP contribution in [0.1, 0.15) is 48.3 Å². The van der Waals surface area contributed by atoms with Crippen LogP contribution >= 0.6 is 0 Å². The molecular formula is C8H19NNa2O2. The van der Waals surface area contributed by atoms with Gasteiger partial charge >= 0.3 is 65.1 Å². The Hall–Kier alpha value is 1.43. The van der Waals surface area contributed by atoms with E-state index in [1.165, 1.54) is 19.3 Å². The molecule has 0 amide bonds. The van der Waals surface area contributed by atoms with E-state index >= 15 is 0 Å². The quantitative estimate of drug-likeness (QED) is 0.274. The second kappa shape index (κ2) is 15.9. The molecule has 0 unspecified atom stereocenters. The predicted molar refractivity (Wildman–Crippen MR) is 45.9 cm³/mol. The minimum absolute atomic E-state index is 0. The Morgan fingerprint density at radius 3 is 2.23 bits per heavy atom. The molecule has 2 N–H and O–H groups in total. The summed E-state index contributed by atoms with van der Waals surface area (Å²) in [5.74, 6) is 4.36. The molecule has 0 aromatic rings. The van der Waals surface area contributed by atoms with Crippen molar-refractivity contribution < 1.29 is 71.6 Å². The van der Waals surface area contributed by atoms with Gasteiger partial charge in [-0.05, 0) is 6.42 Å². The molecular weight excluding hydrogens is 188 g/mol. The molecule has 0 radical (unpaired) electrons. The average Bonchev–Trinajstić information content (AvgIpc) is 2.04. The van der Waals surface area contributed by atoms with E-state index in [9.17, 15) is 4.79 Å². The first-order valence-corrected chi connectivity index (χ1v) is 4.20. The number of rotatable bonds is 6. The first-order valence-electron chi connectivity index (χ1n) is 4.20. The van der Waals surface area contributed by atoms with E-state index in [0.717, 1.165) is 12.8 Å². The van der Waals surface area contributed by atoms with Gasteiger partial charge in [-0.1, -0.05) is 32.6 Å². The molecule has 5 heteroatoms. The maximum Gasteiger partial charge on any atom is 1.00 e. The van der Waals surface area contributed by atoms with Crippen molar-refractivity contribution in [2.24, 2.45) is 5.90 Å². The minimum Gasteiger partial charge on any atom is -1.00 e. The smallest absolute Gasteiger partial charge is 1.00 e. The van der Waals surface area contributed by atoms with Crippen LogP contribution < -0.4 is 65.0 Å². The van der Waals surface area contributed by atoms with Gasteiger partial charge < -0.3 is 7.69 Å². The summed E-state index contributed by atoms with van der Waals surface area (Å²) in [6, 6.07) is 0. The molecule has 0 heterocycles. The molecule has 0 fully saturated rings. The van der Waals surface area contributed by atoms with Crippen molar-refractivity contribution in [1.29, 1.82) is 0 Å². The van der Waals surface area contributed by atoms with E-state index in [1.54, 1.807) is 0 Å². The van der Waals surface area contributed by atoms with Gasteiger partial charge in [0.1, 0.15) is 0 Å². The zero-order chi connectivity index (χ0) is 8.53. The molecule has 70 valence electrons. The molecule has 0 aliphatic rings. The molecule has 3 nitrogen and oxygen atoms in total. The summed E-state index contributed by atoms with van der Waals surface area (Å²) in [6.45, 7) is 2.16. The van der Waals surface area contributed by atoms with Crippen LogP contribution in [-0.2, 0) is 9.63 Å². The number of nitrogens with two attached hydrogens (primary N) is 1. The Labute approximate surface area is 128 Å². The van der Waals surface area contributed by atoms with Crippen molar-refractivity contribution in [2.75, 3.05) is 0 Å². The van der Waals surface area contributed by atoms with Gasteiger partial charge in [0.15, 0.2) is 0 Å². The zero-order valence-corrected chi connectivity index (χ0v) is 13.1. The molecule has 0 aliphatic carbocycles. The summed E-state index contributed by atoms with van der Waals surface area (Å²) in [5.41, 5.74) is 0. The number of carbonyl (C=O) groups excluding carboxylic acids is 1. The Kier molecular flexibility index (Phi) is 24.3. The Morgan fingerprint density at radius 2 is 1.77 bits per heavy atom.